The first-order chi connectivity index (χ1) is 23.2. The molecule has 2 unspecified atom stereocenters. The molecule has 274 valence electrons. The summed E-state index contributed by atoms with van der Waals surface area (Å²) in [5.74, 6) is 1.84. The van der Waals surface area contributed by atoms with Crippen LogP contribution in [0.5, 0.6) is 11.5 Å². The van der Waals surface area contributed by atoms with Crippen molar-refractivity contribution >= 4 is 0 Å². The highest BCUT2D eigenvalue weighted by Crippen LogP contribution is 2.26. The predicted octanol–water partition coefficient (Wildman–Crippen LogP) is 12.2. The molecule has 1 heterocycles. The molecule has 0 radical (unpaired) electrons. The molecule has 1 aliphatic rings. The van der Waals surface area contributed by atoms with Crippen LogP contribution in [0.1, 0.15) is 182 Å². The molecular formula is C42H78N2O3. The molecule has 2 rings (SSSR count). The Hall–Kier alpha value is -1.30. The molecule has 2 atom stereocenters. The van der Waals surface area contributed by atoms with Gasteiger partial charge in [0.05, 0.1) is 0 Å². The SMILES string of the molecule is CCCCCCCCCCCCN(CC)C1CCCOCCCC(N(CC)CCCCCCCCCCCC)Oc2cccc(c2)O1. The second-order valence-electron chi connectivity index (χ2n) is 14.1. The van der Waals surface area contributed by atoms with Gasteiger partial charge in [-0.2, -0.15) is 0 Å². The lowest BCUT2D eigenvalue weighted by atomic mass is 10.1. The van der Waals surface area contributed by atoms with Crippen LogP contribution in [-0.2, 0) is 4.74 Å². The number of nitrogens with zero attached hydrogens (tertiary/aromatic N) is 2. The van der Waals surface area contributed by atoms with E-state index in [4.69, 9.17) is 14.2 Å². The van der Waals surface area contributed by atoms with E-state index in [0.29, 0.717) is 0 Å². The number of fused-ring (bicyclic) bond motifs is 2. The fourth-order valence-corrected chi connectivity index (χ4v) is 7.01. The summed E-state index contributed by atoms with van der Waals surface area (Å²) < 4.78 is 19.6. The van der Waals surface area contributed by atoms with Crippen molar-refractivity contribution in [2.45, 2.75) is 194 Å². The molecule has 47 heavy (non-hydrogen) atoms. The van der Waals surface area contributed by atoms with Gasteiger partial charge in [-0.1, -0.05) is 149 Å². The molecule has 5 nitrogen and oxygen atoms in total. The highest BCUT2D eigenvalue weighted by Gasteiger charge is 2.22. The van der Waals surface area contributed by atoms with Crippen LogP contribution in [0.25, 0.3) is 0 Å². The van der Waals surface area contributed by atoms with Crippen molar-refractivity contribution in [1.82, 2.24) is 9.80 Å². The van der Waals surface area contributed by atoms with Gasteiger partial charge in [0.15, 0.2) is 12.5 Å². The summed E-state index contributed by atoms with van der Waals surface area (Å²) in [6.45, 7) is 15.0. The van der Waals surface area contributed by atoms with E-state index in [0.717, 1.165) is 76.6 Å². The Balaban J connectivity index is 1.86. The molecule has 2 bridgehead atoms. The van der Waals surface area contributed by atoms with Crippen LogP contribution in [0.2, 0.25) is 0 Å². The van der Waals surface area contributed by atoms with Crippen LogP contribution < -0.4 is 9.47 Å². The van der Waals surface area contributed by atoms with Gasteiger partial charge < -0.3 is 14.2 Å². The van der Waals surface area contributed by atoms with Gasteiger partial charge in [0, 0.05) is 45.2 Å². The lowest BCUT2D eigenvalue weighted by Gasteiger charge is -2.33. The number of rotatable bonds is 26. The minimum absolute atomic E-state index is 0.0691. The van der Waals surface area contributed by atoms with Gasteiger partial charge >= 0.3 is 0 Å². The fourth-order valence-electron chi connectivity index (χ4n) is 7.01. The third kappa shape index (κ3) is 20.7. The maximum Gasteiger partial charge on any atom is 0.152 e. The molecule has 0 aliphatic carbocycles. The molecule has 1 aliphatic heterocycles. The number of ether oxygens (including phenoxy) is 3. The van der Waals surface area contributed by atoms with Gasteiger partial charge in [0.1, 0.15) is 11.5 Å². The summed E-state index contributed by atoms with van der Waals surface area (Å²) in [5, 5.41) is 0. The minimum atomic E-state index is 0.0691. The van der Waals surface area contributed by atoms with Gasteiger partial charge in [-0.05, 0) is 50.9 Å². The van der Waals surface area contributed by atoms with Crippen molar-refractivity contribution in [1.29, 1.82) is 0 Å². The third-order valence-electron chi connectivity index (χ3n) is 10.1. The van der Waals surface area contributed by atoms with Crippen LogP contribution in [0.15, 0.2) is 24.3 Å². The van der Waals surface area contributed by atoms with Crippen LogP contribution in [0.4, 0.5) is 0 Å². The topological polar surface area (TPSA) is 34.2 Å². The summed E-state index contributed by atoms with van der Waals surface area (Å²) in [6.07, 6.45) is 31.6. The smallest absolute Gasteiger partial charge is 0.152 e. The van der Waals surface area contributed by atoms with Crippen LogP contribution >= 0.6 is 0 Å². The van der Waals surface area contributed by atoms with Crippen LogP contribution in [0.3, 0.4) is 0 Å². The molecule has 0 saturated carbocycles. The Morgan fingerprint density at radius 2 is 0.872 bits per heavy atom. The van der Waals surface area contributed by atoms with E-state index < -0.39 is 0 Å². The van der Waals surface area contributed by atoms with E-state index in [-0.39, 0.29) is 12.5 Å². The Morgan fingerprint density at radius 3 is 1.23 bits per heavy atom. The molecule has 0 fully saturated rings. The third-order valence-corrected chi connectivity index (χ3v) is 10.1. The zero-order chi connectivity index (χ0) is 33.6. The summed E-state index contributed by atoms with van der Waals surface area (Å²) in [7, 11) is 0. The van der Waals surface area contributed by atoms with Crippen molar-refractivity contribution in [3.05, 3.63) is 24.3 Å². The average molecular weight is 659 g/mol. The van der Waals surface area contributed by atoms with Gasteiger partial charge in [0.25, 0.3) is 0 Å². The summed E-state index contributed by atoms with van der Waals surface area (Å²) in [6, 6.07) is 8.44. The first-order valence-corrected chi connectivity index (χ1v) is 20.7. The molecule has 0 aromatic heterocycles. The summed E-state index contributed by atoms with van der Waals surface area (Å²) in [5.41, 5.74) is 0. The molecule has 0 N–H and O–H groups in total. The molecule has 1 aromatic carbocycles. The van der Waals surface area contributed by atoms with Crippen molar-refractivity contribution in [2.24, 2.45) is 0 Å². The van der Waals surface area contributed by atoms with E-state index in [1.807, 2.05) is 0 Å². The maximum absolute atomic E-state index is 6.73. The maximum atomic E-state index is 6.73. The zero-order valence-corrected chi connectivity index (χ0v) is 31.8. The lowest BCUT2D eigenvalue weighted by Crippen LogP contribution is -2.41. The van der Waals surface area contributed by atoms with Crippen molar-refractivity contribution < 1.29 is 14.2 Å². The summed E-state index contributed by atoms with van der Waals surface area (Å²) >= 11 is 0. The monoisotopic (exact) mass is 659 g/mol. The quantitative estimate of drug-likeness (QED) is 0.0925. The largest absolute Gasteiger partial charge is 0.475 e. The van der Waals surface area contributed by atoms with Crippen LogP contribution in [-0.4, -0.2) is 61.6 Å². The second kappa shape index (κ2) is 29.6. The fraction of sp³-hybridized carbons (Fsp3) is 0.857. The molecular weight excluding hydrogens is 580 g/mol. The van der Waals surface area contributed by atoms with E-state index in [2.05, 4.69) is 61.8 Å². The predicted molar refractivity (Wildman–Crippen MR) is 203 cm³/mol. The Kier molecular flexibility index (Phi) is 26.4. The normalized spacial score (nSPS) is 17.8. The second-order valence-corrected chi connectivity index (χ2v) is 14.1. The van der Waals surface area contributed by atoms with Gasteiger partial charge in [0.2, 0.25) is 0 Å². The number of hydrogen-bond donors (Lipinski definition) is 0. The van der Waals surface area contributed by atoms with E-state index in [1.54, 1.807) is 0 Å². The Bertz CT molecular complexity index is 760. The highest BCUT2D eigenvalue weighted by molar-refractivity contribution is 5.33. The van der Waals surface area contributed by atoms with Crippen LogP contribution in [0, 0.1) is 0 Å². The molecule has 5 heteroatoms. The van der Waals surface area contributed by atoms with Gasteiger partial charge in [-0.15, -0.1) is 0 Å². The van der Waals surface area contributed by atoms with Gasteiger partial charge in [-0.25, -0.2) is 0 Å². The Morgan fingerprint density at radius 1 is 0.511 bits per heavy atom. The molecule has 0 spiro atoms. The molecule has 1 aromatic rings. The first kappa shape index (κ1) is 41.9. The van der Waals surface area contributed by atoms with E-state index in [9.17, 15) is 0 Å². The minimum Gasteiger partial charge on any atom is -0.475 e. The van der Waals surface area contributed by atoms with Crippen molar-refractivity contribution in [2.75, 3.05) is 39.4 Å². The molecule has 0 saturated heterocycles. The Labute approximate surface area is 292 Å². The zero-order valence-electron chi connectivity index (χ0n) is 31.8. The number of benzene rings is 1. The summed E-state index contributed by atoms with van der Waals surface area (Å²) in [4.78, 5) is 5.08. The highest BCUT2D eigenvalue weighted by atomic mass is 16.5. The molecule has 0 amide bonds. The van der Waals surface area contributed by atoms with Crippen molar-refractivity contribution in [3.8, 4) is 11.5 Å². The average Bonchev–Trinajstić information content (AvgIpc) is 3.08. The van der Waals surface area contributed by atoms with Crippen molar-refractivity contribution in [3.63, 3.8) is 0 Å². The number of hydrogen-bond acceptors (Lipinski definition) is 5. The van der Waals surface area contributed by atoms with E-state index in [1.165, 1.54) is 128 Å². The lowest BCUT2D eigenvalue weighted by molar-refractivity contribution is 0.000335. The first-order valence-electron chi connectivity index (χ1n) is 20.7. The number of unbranched alkanes of at least 4 members (excludes halogenated alkanes) is 18. The van der Waals surface area contributed by atoms with E-state index >= 15 is 0 Å². The standard InChI is InChI=1S/C42H78N2O3/c1-5-9-11-13-15-17-19-21-23-25-34-43(7-3)41-32-28-36-45-37-29-33-42(47-40-31-27-30-39(38-40)46-41)44(8-4)35-26-24-22-20-18-16-14-12-10-6-2/h27,30-31,38,41-42H,5-26,28-29,32-37H2,1-4H3. The van der Waals surface area contributed by atoms with Gasteiger partial charge in [-0.3, -0.25) is 9.80 Å².